The minimum absolute atomic E-state index is 0.109. The Kier molecular flexibility index (Phi) is 83.6. The van der Waals surface area contributed by atoms with Gasteiger partial charge in [0.2, 0.25) is 0 Å². The van der Waals surface area contributed by atoms with E-state index >= 15 is 0 Å². The molecule has 0 fully saturated rings. The molecule has 672 valence electrons. The number of aliphatic hydroxyl groups is 1. The monoisotopic (exact) mass is 1650 g/mol. The number of hydrogen-bond donors (Lipinski definition) is 3. The van der Waals surface area contributed by atoms with E-state index in [2.05, 4.69) is 41.5 Å². The lowest BCUT2D eigenvalue weighted by molar-refractivity contribution is -0.161. The maximum absolute atomic E-state index is 13.2. The Bertz CT molecular complexity index is 2150. The Hall–Kier alpha value is -1.94. The first-order chi connectivity index (χ1) is 54.9. The second-order valence-electron chi connectivity index (χ2n) is 34.7. The summed E-state index contributed by atoms with van der Waals surface area (Å²) in [6, 6.07) is 0. The van der Waals surface area contributed by atoms with Gasteiger partial charge in [0.05, 0.1) is 26.4 Å². The molecule has 0 spiro atoms. The molecule has 0 amide bonds. The first kappa shape index (κ1) is 111. The summed E-state index contributed by atoms with van der Waals surface area (Å²) in [5, 5.41) is 10.7. The van der Waals surface area contributed by atoms with Gasteiger partial charge in [0.15, 0.2) is 12.2 Å². The van der Waals surface area contributed by atoms with Crippen LogP contribution < -0.4 is 0 Å². The predicted octanol–water partition coefficient (Wildman–Crippen LogP) is 29.4. The number of phosphoric ester groups is 2. The number of esters is 4. The largest absolute Gasteiger partial charge is 0.472 e. The highest BCUT2D eigenvalue weighted by Crippen LogP contribution is 2.45. The van der Waals surface area contributed by atoms with Crippen LogP contribution in [0.25, 0.3) is 0 Å². The molecule has 0 aliphatic rings. The van der Waals surface area contributed by atoms with Crippen molar-refractivity contribution in [3.63, 3.8) is 0 Å². The fourth-order valence-corrected chi connectivity index (χ4v) is 16.4. The van der Waals surface area contributed by atoms with Gasteiger partial charge >= 0.3 is 39.5 Å². The van der Waals surface area contributed by atoms with Crippen molar-refractivity contribution in [3.8, 4) is 0 Å². The molecule has 0 radical (unpaired) electrons. The molecule has 0 saturated heterocycles. The van der Waals surface area contributed by atoms with Crippen molar-refractivity contribution in [2.45, 2.75) is 529 Å². The van der Waals surface area contributed by atoms with E-state index in [1.165, 1.54) is 327 Å². The Morgan fingerprint density at radius 2 is 0.407 bits per heavy atom. The summed E-state index contributed by atoms with van der Waals surface area (Å²) < 4.78 is 69.2. The predicted molar refractivity (Wildman–Crippen MR) is 469 cm³/mol. The van der Waals surface area contributed by atoms with Gasteiger partial charge in [0.1, 0.15) is 19.3 Å². The van der Waals surface area contributed by atoms with Crippen LogP contribution in [0.1, 0.15) is 510 Å². The van der Waals surface area contributed by atoms with Crippen LogP contribution in [0.5, 0.6) is 0 Å². The molecular formula is C94H184O17P2. The summed E-state index contributed by atoms with van der Waals surface area (Å²) in [5.74, 6) is -0.446. The van der Waals surface area contributed by atoms with Crippen LogP contribution in [0, 0.1) is 11.8 Å². The van der Waals surface area contributed by atoms with Gasteiger partial charge in [0, 0.05) is 25.7 Å². The number of phosphoric acid groups is 2. The second-order valence-corrected chi connectivity index (χ2v) is 37.6. The van der Waals surface area contributed by atoms with Gasteiger partial charge in [-0.2, -0.15) is 0 Å². The first-order valence-electron chi connectivity index (χ1n) is 48.5. The van der Waals surface area contributed by atoms with Gasteiger partial charge in [-0.25, -0.2) is 9.13 Å². The zero-order chi connectivity index (χ0) is 82.7. The summed E-state index contributed by atoms with van der Waals surface area (Å²) in [4.78, 5) is 73.5. The number of unbranched alkanes of at least 4 members (excludes halogenated alkanes) is 63. The molecule has 0 rings (SSSR count). The van der Waals surface area contributed by atoms with Crippen molar-refractivity contribution in [1.82, 2.24) is 0 Å². The molecule has 0 heterocycles. The molecule has 3 N–H and O–H groups in total. The molecule has 0 aromatic heterocycles. The average molecular weight is 1650 g/mol. The topological polar surface area (TPSA) is 237 Å². The summed E-state index contributed by atoms with van der Waals surface area (Å²) in [6.07, 6.45) is 80.6. The van der Waals surface area contributed by atoms with Crippen molar-refractivity contribution in [3.05, 3.63) is 0 Å². The van der Waals surface area contributed by atoms with Crippen LogP contribution in [-0.4, -0.2) is 96.7 Å². The smallest absolute Gasteiger partial charge is 0.462 e. The lowest BCUT2D eigenvalue weighted by Crippen LogP contribution is -2.30. The molecule has 113 heavy (non-hydrogen) atoms. The SMILES string of the molecule is CCCCCCCCCCCCCCCCCCCCC(=O)O[C@H](COC(=O)CCCCCCCCCCCCCCC)COP(=O)(O)OC[C@H](O)COP(=O)(O)OC[C@@H](COC(=O)CCCCCCCCCCCCCCCCCCCCC(C)C)OC(=O)CCCCCCCCCCCCCCCCCCCCC(C)C. The minimum atomic E-state index is -4.97. The van der Waals surface area contributed by atoms with E-state index in [0.717, 1.165) is 102 Å². The fourth-order valence-electron chi connectivity index (χ4n) is 14.8. The molecule has 0 aromatic carbocycles. The van der Waals surface area contributed by atoms with E-state index in [4.69, 9.17) is 37.0 Å². The Balaban J connectivity index is 5.25. The van der Waals surface area contributed by atoms with Crippen LogP contribution in [0.15, 0.2) is 0 Å². The van der Waals surface area contributed by atoms with Crippen LogP contribution >= 0.6 is 15.6 Å². The quantitative estimate of drug-likeness (QED) is 0.0222. The molecule has 0 aromatic rings. The van der Waals surface area contributed by atoms with Crippen molar-refractivity contribution in [2.24, 2.45) is 11.8 Å². The number of carbonyl (C=O) groups is 4. The highest BCUT2D eigenvalue weighted by Gasteiger charge is 2.31. The second kappa shape index (κ2) is 85.1. The maximum Gasteiger partial charge on any atom is 0.472 e. The number of aliphatic hydroxyl groups excluding tert-OH is 1. The lowest BCUT2D eigenvalue weighted by Gasteiger charge is -2.21. The van der Waals surface area contributed by atoms with Crippen molar-refractivity contribution >= 4 is 39.5 Å². The van der Waals surface area contributed by atoms with E-state index in [0.29, 0.717) is 25.7 Å². The molecule has 17 nitrogen and oxygen atoms in total. The highest BCUT2D eigenvalue weighted by atomic mass is 31.2. The minimum Gasteiger partial charge on any atom is -0.462 e. The molecular weight excluding hydrogens is 1460 g/mol. The van der Waals surface area contributed by atoms with Gasteiger partial charge in [0.25, 0.3) is 0 Å². The number of carbonyl (C=O) groups excluding carboxylic acids is 4. The number of rotatable bonds is 93. The zero-order valence-corrected chi connectivity index (χ0v) is 76.5. The highest BCUT2D eigenvalue weighted by molar-refractivity contribution is 7.47. The third-order valence-electron chi connectivity index (χ3n) is 22.2. The van der Waals surface area contributed by atoms with Crippen molar-refractivity contribution in [1.29, 1.82) is 0 Å². The summed E-state index contributed by atoms with van der Waals surface area (Å²) in [6.45, 7) is 9.80. The average Bonchev–Trinajstić information content (AvgIpc) is 0.902. The van der Waals surface area contributed by atoms with E-state index < -0.39 is 97.5 Å². The van der Waals surface area contributed by atoms with Gasteiger partial charge in [-0.15, -0.1) is 0 Å². The molecule has 0 saturated carbocycles. The molecule has 0 aliphatic heterocycles. The Morgan fingerprint density at radius 3 is 0.602 bits per heavy atom. The van der Waals surface area contributed by atoms with E-state index in [-0.39, 0.29) is 25.7 Å². The first-order valence-corrected chi connectivity index (χ1v) is 51.5. The molecule has 2 unspecified atom stereocenters. The number of ether oxygens (including phenoxy) is 4. The van der Waals surface area contributed by atoms with Gasteiger partial charge in [-0.3, -0.25) is 37.3 Å². The number of hydrogen-bond acceptors (Lipinski definition) is 15. The normalized spacial score (nSPS) is 13.7. The fraction of sp³-hybridized carbons (Fsp3) is 0.957. The molecule has 5 atom stereocenters. The standard InChI is InChI=1S/C94H184O17P2/c1-7-9-11-13-15-17-19-21-22-23-30-36-42-48-54-60-66-72-78-93(98)110-89(82-104-91(96)76-70-64-58-52-46-38-20-18-16-14-12-10-8-2)84-108-112(100,101)106-80-88(95)81-107-113(102,103)109-85-90(111-94(99)79-73-67-61-55-49-43-37-32-27-25-29-34-40-45-51-57-63-69-75-87(5)6)83-105-92(97)77-71-65-59-53-47-41-35-31-26-24-28-33-39-44-50-56-62-68-74-86(3)4/h86-90,95H,7-85H2,1-6H3,(H,100,101)(H,102,103)/t88-,89+,90+/m0/s1. The van der Waals surface area contributed by atoms with Crippen molar-refractivity contribution in [2.75, 3.05) is 39.6 Å². The summed E-state index contributed by atoms with van der Waals surface area (Å²) >= 11 is 0. The summed E-state index contributed by atoms with van der Waals surface area (Å²) in [5.41, 5.74) is 0. The molecule has 0 bridgehead atoms. The van der Waals surface area contributed by atoms with E-state index in [1.807, 2.05) is 0 Å². The third kappa shape index (κ3) is 87.7. The van der Waals surface area contributed by atoms with Crippen LogP contribution in [0.4, 0.5) is 0 Å². The van der Waals surface area contributed by atoms with Crippen LogP contribution in [0.2, 0.25) is 0 Å². The van der Waals surface area contributed by atoms with Gasteiger partial charge < -0.3 is 33.8 Å². The Labute approximate surface area is 696 Å². The molecule has 19 heteroatoms. The maximum atomic E-state index is 13.2. The summed E-state index contributed by atoms with van der Waals surface area (Å²) in [7, 11) is -9.94. The van der Waals surface area contributed by atoms with E-state index in [9.17, 15) is 43.2 Å². The van der Waals surface area contributed by atoms with Crippen molar-refractivity contribution < 1.29 is 80.2 Å². The van der Waals surface area contributed by atoms with Gasteiger partial charge in [-0.1, -0.05) is 459 Å². The molecule has 0 aliphatic carbocycles. The lowest BCUT2D eigenvalue weighted by atomic mass is 10.0. The van der Waals surface area contributed by atoms with Crippen LogP contribution in [-0.2, 0) is 65.4 Å². The Morgan fingerprint density at radius 1 is 0.239 bits per heavy atom. The van der Waals surface area contributed by atoms with Crippen LogP contribution in [0.3, 0.4) is 0 Å². The third-order valence-corrected chi connectivity index (χ3v) is 24.1. The van der Waals surface area contributed by atoms with E-state index in [1.54, 1.807) is 0 Å². The van der Waals surface area contributed by atoms with Gasteiger partial charge in [-0.05, 0) is 37.5 Å². The zero-order valence-electron chi connectivity index (χ0n) is 74.7.